The highest BCUT2D eigenvalue weighted by Gasteiger charge is 2.54. The lowest BCUT2D eigenvalue weighted by Crippen LogP contribution is -2.57. The van der Waals surface area contributed by atoms with E-state index >= 15 is 0 Å². The summed E-state index contributed by atoms with van der Waals surface area (Å²) in [4.78, 5) is 44.9. The van der Waals surface area contributed by atoms with Gasteiger partial charge in [0.1, 0.15) is 12.1 Å². The number of carbonyl (C=O) groups excluding carboxylic acids is 3. The van der Waals surface area contributed by atoms with Crippen molar-refractivity contribution in [2.24, 2.45) is 5.41 Å². The molecule has 0 radical (unpaired) electrons. The smallest absolute Gasteiger partial charge is 0.250 e. The van der Waals surface area contributed by atoms with Gasteiger partial charge in [0.05, 0.1) is 6.67 Å². The van der Waals surface area contributed by atoms with Crippen molar-refractivity contribution in [1.82, 2.24) is 9.80 Å². The number of hydrogen-bond donors (Lipinski definition) is 1. The lowest BCUT2D eigenvalue weighted by atomic mass is 9.84. The topological polar surface area (TPSA) is 73.0 Å². The summed E-state index contributed by atoms with van der Waals surface area (Å²) in [6, 6.07) is 19.1. The van der Waals surface area contributed by atoms with Gasteiger partial charge in [0.2, 0.25) is 11.8 Å². The number of piperidine rings is 1. The summed E-state index contributed by atoms with van der Waals surface area (Å²) in [6.07, 6.45) is 1.59. The average molecular weight is 463 g/mol. The fourth-order valence-electron chi connectivity index (χ4n) is 4.91. The van der Waals surface area contributed by atoms with Gasteiger partial charge in [0.15, 0.2) is 0 Å². The molecule has 2 heterocycles. The standard InChI is InChI=1S/C27H34N4O3/c1-26(2,3)18-24(33)29-16-14-27(15-17-29)25(34)30(20-31(27)22-12-8-5-9-13-22)19-23(32)28-21-10-6-4-7-11-21/h4-13H,14-20H2,1-3H3,(H,28,32). The highest BCUT2D eigenvalue weighted by Crippen LogP contribution is 2.39. The van der Waals surface area contributed by atoms with E-state index in [1.54, 1.807) is 4.90 Å². The van der Waals surface area contributed by atoms with Crippen LogP contribution in [0.15, 0.2) is 60.7 Å². The van der Waals surface area contributed by atoms with Gasteiger partial charge in [-0.3, -0.25) is 14.4 Å². The summed E-state index contributed by atoms with van der Waals surface area (Å²) in [5.74, 6) is -0.122. The molecule has 7 heteroatoms. The zero-order valence-corrected chi connectivity index (χ0v) is 20.3. The lowest BCUT2D eigenvalue weighted by molar-refractivity contribution is -0.140. The number of para-hydroxylation sites is 2. The van der Waals surface area contributed by atoms with Crippen LogP contribution in [-0.2, 0) is 14.4 Å². The van der Waals surface area contributed by atoms with Crippen LogP contribution < -0.4 is 10.2 Å². The zero-order valence-electron chi connectivity index (χ0n) is 20.3. The van der Waals surface area contributed by atoms with Gasteiger partial charge in [-0.1, -0.05) is 57.2 Å². The summed E-state index contributed by atoms with van der Waals surface area (Å²) in [5.41, 5.74) is 0.845. The van der Waals surface area contributed by atoms with Gasteiger partial charge in [0, 0.05) is 30.9 Å². The summed E-state index contributed by atoms with van der Waals surface area (Å²) < 4.78 is 0. The van der Waals surface area contributed by atoms with Crippen molar-refractivity contribution < 1.29 is 14.4 Å². The van der Waals surface area contributed by atoms with Gasteiger partial charge in [-0.15, -0.1) is 0 Å². The largest absolute Gasteiger partial charge is 0.342 e. The van der Waals surface area contributed by atoms with E-state index in [9.17, 15) is 14.4 Å². The lowest BCUT2D eigenvalue weighted by Gasteiger charge is -2.43. The van der Waals surface area contributed by atoms with E-state index in [4.69, 9.17) is 0 Å². The molecule has 2 aliphatic rings. The minimum Gasteiger partial charge on any atom is -0.342 e. The number of hydrogen-bond acceptors (Lipinski definition) is 4. The molecular formula is C27H34N4O3. The number of nitrogens with one attached hydrogen (secondary N) is 1. The molecular weight excluding hydrogens is 428 g/mol. The number of anilines is 2. The van der Waals surface area contributed by atoms with Gasteiger partial charge < -0.3 is 20.0 Å². The summed E-state index contributed by atoms with van der Waals surface area (Å²) in [5, 5.41) is 2.87. The van der Waals surface area contributed by atoms with E-state index in [1.807, 2.05) is 65.6 Å². The Kier molecular flexibility index (Phi) is 6.64. The van der Waals surface area contributed by atoms with E-state index in [0.717, 1.165) is 5.69 Å². The Morgan fingerprint density at radius 2 is 1.53 bits per heavy atom. The number of rotatable bonds is 5. The highest BCUT2D eigenvalue weighted by molar-refractivity contribution is 5.99. The Balaban J connectivity index is 1.51. The summed E-state index contributed by atoms with van der Waals surface area (Å²) >= 11 is 0. The van der Waals surface area contributed by atoms with Gasteiger partial charge in [-0.25, -0.2) is 0 Å². The van der Waals surface area contributed by atoms with Gasteiger partial charge in [0.25, 0.3) is 5.91 Å². The van der Waals surface area contributed by atoms with Crippen LogP contribution in [0.3, 0.4) is 0 Å². The van der Waals surface area contributed by atoms with Crippen LogP contribution in [0, 0.1) is 5.41 Å². The number of benzene rings is 2. The third-order valence-electron chi connectivity index (χ3n) is 6.60. The number of amides is 3. The molecule has 2 aliphatic heterocycles. The van der Waals surface area contributed by atoms with Crippen molar-refractivity contribution in [2.75, 3.05) is 36.5 Å². The van der Waals surface area contributed by atoms with Crippen molar-refractivity contribution in [2.45, 2.75) is 45.6 Å². The monoisotopic (exact) mass is 462 g/mol. The predicted octanol–water partition coefficient (Wildman–Crippen LogP) is 3.73. The first-order chi connectivity index (χ1) is 16.2. The molecule has 180 valence electrons. The third kappa shape index (κ3) is 5.08. The predicted molar refractivity (Wildman–Crippen MR) is 133 cm³/mol. The van der Waals surface area contributed by atoms with Gasteiger partial charge >= 0.3 is 0 Å². The zero-order chi connectivity index (χ0) is 24.3. The second-order valence-electron chi connectivity index (χ2n) is 10.5. The molecule has 1 spiro atoms. The molecule has 7 nitrogen and oxygen atoms in total. The van der Waals surface area contributed by atoms with Crippen LogP contribution in [-0.4, -0.2) is 59.4 Å². The minimum absolute atomic E-state index is 0.00845. The van der Waals surface area contributed by atoms with Crippen molar-refractivity contribution in [3.05, 3.63) is 60.7 Å². The van der Waals surface area contributed by atoms with Crippen molar-refractivity contribution >= 4 is 29.1 Å². The van der Waals surface area contributed by atoms with Crippen LogP contribution in [0.4, 0.5) is 11.4 Å². The molecule has 3 amide bonds. The Morgan fingerprint density at radius 3 is 2.12 bits per heavy atom. The molecule has 34 heavy (non-hydrogen) atoms. The maximum Gasteiger partial charge on any atom is 0.250 e. The number of likely N-dealkylation sites (tertiary alicyclic amines) is 1. The minimum atomic E-state index is -0.743. The summed E-state index contributed by atoms with van der Waals surface area (Å²) in [6.45, 7) is 7.60. The molecule has 2 fully saturated rings. The second kappa shape index (κ2) is 9.49. The van der Waals surface area contributed by atoms with Crippen molar-refractivity contribution in [1.29, 1.82) is 0 Å². The van der Waals surface area contributed by atoms with E-state index in [-0.39, 0.29) is 29.7 Å². The van der Waals surface area contributed by atoms with Crippen LogP contribution in [0.2, 0.25) is 0 Å². The van der Waals surface area contributed by atoms with Crippen molar-refractivity contribution in [3.8, 4) is 0 Å². The fourth-order valence-corrected chi connectivity index (χ4v) is 4.91. The molecule has 1 N–H and O–H groups in total. The van der Waals surface area contributed by atoms with Crippen LogP contribution in [0.5, 0.6) is 0 Å². The van der Waals surface area contributed by atoms with Crippen LogP contribution in [0.25, 0.3) is 0 Å². The SMILES string of the molecule is CC(C)(C)CC(=O)N1CCC2(CC1)C(=O)N(CC(=O)Nc1ccccc1)CN2c1ccccc1. The third-order valence-corrected chi connectivity index (χ3v) is 6.60. The Morgan fingerprint density at radius 1 is 0.941 bits per heavy atom. The quantitative estimate of drug-likeness (QED) is 0.735. The first-order valence-corrected chi connectivity index (χ1v) is 11.9. The van der Waals surface area contributed by atoms with Crippen molar-refractivity contribution in [3.63, 3.8) is 0 Å². The Bertz CT molecular complexity index is 1020. The Hall–Kier alpha value is -3.35. The average Bonchev–Trinajstić information content (AvgIpc) is 3.05. The molecule has 0 aliphatic carbocycles. The van der Waals surface area contributed by atoms with E-state index in [0.29, 0.717) is 44.7 Å². The number of carbonyl (C=O) groups is 3. The molecule has 0 aromatic heterocycles. The van der Waals surface area contributed by atoms with Gasteiger partial charge in [-0.05, 0) is 42.5 Å². The first-order valence-electron chi connectivity index (χ1n) is 11.9. The molecule has 2 aromatic rings. The fraction of sp³-hybridized carbons (Fsp3) is 0.444. The van der Waals surface area contributed by atoms with Crippen LogP contribution in [0.1, 0.15) is 40.0 Å². The molecule has 0 saturated carbocycles. The summed E-state index contributed by atoms with van der Waals surface area (Å²) in [7, 11) is 0. The van der Waals surface area contributed by atoms with Gasteiger partial charge in [-0.2, -0.15) is 0 Å². The first kappa shape index (κ1) is 23.8. The normalized spacial score (nSPS) is 17.9. The molecule has 2 saturated heterocycles. The Labute approximate surface area is 201 Å². The number of nitrogens with zero attached hydrogens (tertiary/aromatic N) is 3. The molecule has 2 aromatic carbocycles. The molecule has 0 unspecified atom stereocenters. The molecule has 0 bridgehead atoms. The van der Waals surface area contributed by atoms with Crippen LogP contribution >= 0.6 is 0 Å². The highest BCUT2D eigenvalue weighted by atomic mass is 16.2. The van der Waals surface area contributed by atoms with E-state index in [1.165, 1.54) is 0 Å². The maximum atomic E-state index is 13.8. The maximum absolute atomic E-state index is 13.8. The van der Waals surface area contributed by atoms with E-state index < -0.39 is 5.54 Å². The second-order valence-corrected chi connectivity index (χ2v) is 10.5. The van der Waals surface area contributed by atoms with E-state index in [2.05, 4.69) is 31.0 Å². The molecule has 4 rings (SSSR count). The molecule has 0 atom stereocenters.